The Morgan fingerprint density at radius 1 is 0.783 bits per heavy atom. The molecule has 3 heterocycles. The molecule has 2 aliphatic rings. The van der Waals surface area contributed by atoms with Crippen molar-refractivity contribution in [2.24, 2.45) is 0 Å². The molecule has 234 valence electrons. The molecule has 8 nitrogen and oxygen atoms in total. The van der Waals surface area contributed by atoms with Crippen molar-refractivity contribution in [1.29, 1.82) is 0 Å². The van der Waals surface area contributed by atoms with Gasteiger partial charge in [0.1, 0.15) is 13.2 Å². The van der Waals surface area contributed by atoms with Crippen LogP contribution >= 0.6 is 0 Å². The monoisotopic (exact) mass is 614 g/mol. The number of benzene rings is 4. The van der Waals surface area contributed by atoms with E-state index in [1.807, 2.05) is 97.1 Å². The summed E-state index contributed by atoms with van der Waals surface area (Å²) in [5, 5.41) is 4.51. The number of piperazine rings is 1. The lowest BCUT2D eigenvalue weighted by Crippen LogP contribution is -2.47. The fourth-order valence-corrected chi connectivity index (χ4v) is 6.65. The van der Waals surface area contributed by atoms with Crippen LogP contribution in [0.2, 0.25) is 0 Å². The Labute approximate surface area is 268 Å². The number of hydrogen-bond acceptors (Lipinski definition) is 6. The summed E-state index contributed by atoms with van der Waals surface area (Å²) < 4.78 is 13.6. The largest absolute Gasteiger partial charge is 0.486 e. The van der Waals surface area contributed by atoms with Gasteiger partial charge < -0.3 is 19.7 Å². The van der Waals surface area contributed by atoms with Crippen LogP contribution in [-0.2, 0) is 6.54 Å². The van der Waals surface area contributed by atoms with Gasteiger partial charge in [0, 0.05) is 49.2 Å². The van der Waals surface area contributed by atoms with E-state index in [9.17, 15) is 9.59 Å². The Bertz CT molecular complexity index is 1900. The first-order valence-corrected chi connectivity index (χ1v) is 16.1. The molecule has 1 aromatic heterocycles. The molecule has 4 aromatic carbocycles. The van der Waals surface area contributed by atoms with Crippen molar-refractivity contribution in [3.63, 3.8) is 0 Å². The Kier molecular flexibility index (Phi) is 8.44. The van der Waals surface area contributed by atoms with Crippen LogP contribution in [0.5, 0.6) is 11.5 Å². The standard InChI is InChI=1S/C38H38N4O4/c1-2-31(27-12-5-3-6-13-27)39-37(43)35-29-16-9-10-17-30(29)38(44)42(28-14-7-4-8-15-28)33(35)26-40-20-22-41(23-21-40)32-18-11-19-34-36(32)46-25-24-45-34/h3-19,31H,2,20-26H2,1H3,(H,39,43)/t31-/m0/s1. The molecule has 0 saturated carbocycles. The SMILES string of the molecule is CC[C@H](NC(=O)c1c(CN2CCN(c3cccc4c3OCCO4)CC2)n(-c2ccccc2)c(=O)c2ccccc12)c1ccccc1. The van der Waals surface area contributed by atoms with Gasteiger partial charge in [-0.2, -0.15) is 0 Å². The molecule has 0 bridgehead atoms. The first kappa shape index (κ1) is 29.6. The summed E-state index contributed by atoms with van der Waals surface area (Å²) in [6.07, 6.45) is 0.737. The summed E-state index contributed by atoms with van der Waals surface area (Å²) in [6, 6.07) is 33.0. The summed E-state index contributed by atoms with van der Waals surface area (Å²) >= 11 is 0. The van der Waals surface area contributed by atoms with Gasteiger partial charge in [-0.05, 0) is 42.3 Å². The molecule has 0 radical (unpaired) electrons. The van der Waals surface area contributed by atoms with E-state index in [2.05, 4.69) is 28.1 Å². The highest BCUT2D eigenvalue weighted by Crippen LogP contribution is 2.40. The number of hydrogen-bond donors (Lipinski definition) is 1. The van der Waals surface area contributed by atoms with Gasteiger partial charge in [-0.3, -0.25) is 19.1 Å². The minimum Gasteiger partial charge on any atom is -0.486 e. The minimum atomic E-state index is -0.182. The summed E-state index contributed by atoms with van der Waals surface area (Å²) in [5.41, 5.74) is 3.93. The fourth-order valence-electron chi connectivity index (χ4n) is 6.65. The molecule has 1 fully saturated rings. The van der Waals surface area contributed by atoms with Crippen molar-refractivity contribution < 1.29 is 14.3 Å². The lowest BCUT2D eigenvalue weighted by atomic mass is 9.99. The smallest absolute Gasteiger partial charge is 0.263 e. The third kappa shape index (κ3) is 5.72. The molecular weight excluding hydrogens is 576 g/mol. The van der Waals surface area contributed by atoms with Gasteiger partial charge in [0.15, 0.2) is 11.5 Å². The van der Waals surface area contributed by atoms with Gasteiger partial charge in [0.2, 0.25) is 0 Å². The number of amides is 1. The van der Waals surface area contributed by atoms with Crippen molar-refractivity contribution in [3.05, 3.63) is 130 Å². The molecule has 5 aromatic rings. The van der Waals surface area contributed by atoms with E-state index < -0.39 is 0 Å². The van der Waals surface area contributed by atoms with Crippen molar-refractivity contribution in [2.45, 2.75) is 25.9 Å². The summed E-state index contributed by atoms with van der Waals surface area (Å²) in [7, 11) is 0. The number of anilines is 1. The maximum absolute atomic E-state index is 14.5. The summed E-state index contributed by atoms with van der Waals surface area (Å²) in [4.78, 5) is 33.3. The molecule has 1 atom stereocenters. The zero-order valence-corrected chi connectivity index (χ0v) is 26.0. The predicted molar refractivity (Wildman–Crippen MR) is 181 cm³/mol. The van der Waals surface area contributed by atoms with Crippen LogP contribution in [0.1, 0.15) is 41.0 Å². The third-order valence-corrected chi connectivity index (χ3v) is 8.98. The molecule has 46 heavy (non-hydrogen) atoms. The van der Waals surface area contributed by atoms with E-state index in [0.29, 0.717) is 41.8 Å². The molecule has 7 rings (SSSR count). The molecule has 0 unspecified atom stereocenters. The number of carbonyl (C=O) groups excluding carboxylic acids is 1. The third-order valence-electron chi connectivity index (χ3n) is 8.98. The normalized spacial score (nSPS) is 15.5. The number of pyridine rings is 1. The second kappa shape index (κ2) is 13.1. The first-order chi connectivity index (χ1) is 22.6. The van der Waals surface area contributed by atoms with Crippen LogP contribution in [-0.4, -0.2) is 54.8 Å². The highest BCUT2D eigenvalue weighted by Gasteiger charge is 2.28. The van der Waals surface area contributed by atoms with E-state index in [0.717, 1.165) is 61.0 Å². The van der Waals surface area contributed by atoms with Gasteiger partial charge in [-0.1, -0.05) is 79.7 Å². The van der Waals surface area contributed by atoms with Gasteiger partial charge in [0.25, 0.3) is 11.5 Å². The highest BCUT2D eigenvalue weighted by molar-refractivity contribution is 6.08. The van der Waals surface area contributed by atoms with Crippen molar-refractivity contribution >= 4 is 22.4 Å². The van der Waals surface area contributed by atoms with Crippen LogP contribution in [0.4, 0.5) is 5.69 Å². The Morgan fingerprint density at radius 3 is 2.20 bits per heavy atom. The van der Waals surface area contributed by atoms with E-state index >= 15 is 0 Å². The van der Waals surface area contributed by atoms with Crippen LogP contribution in [0.15, 0.2) is 108 Å². The summed E-state index contributed by atoms with van der Waals surface area (Å²) in [6.45, 7) is 6.66. The van der Waals surface area contributed by atoms with Gasteiger partial charge in [0.05, 0.1) is 23.0 Å². The number of nitrogens with zero attached hydrogens (tertiary/aromatic N) is 3. The number of nitrogens with one attached hydrogen (secondary N) is 1. The maximum atomic E-state index is 14.5. The van der Waals surface area contributed by atoms with Gasteiger partial charge >= 0.3 is 0 Å². The highest BCUT2D eigenvalue weighted by atomic mass is 16.6. The number of ether oxygens (including phenoxy) is 2. The lowest BCUT2D eigenvalue weighted by Gasteiger charge is -2.38. The second-order valence-electron chi connectivity index (χ2n) is 11.8. The Balaban J connectivity index is 1.27. The molecule has 0 spiro atoms. The van der Waals surface area contributed by atoms with E-state index in [1.54, 1.807) is 4.57 Å². The van der Waals surface area contributed by atoms with Crippen LogP contribution in [0.25, 0.3) is 16.5 Å². The van der Waals surface area contributed by atoms with Crippen molar-refractivity contribution in [3.8, 4) is 17.2 Å². The predicted octanol–water partition coefficient (Wildman–Crippen LogP) is 5.97. The van der Waals surface area contributed by atoms with Crippen LogP contribution < -0.4 is 25.2 Å². The summed E-state index contributed by atoms with van der Waals surface area (Å²) in [5.74, 6) is 1.40. The second-order valence-corrected chi connectivity index (χ2v) is 11.8. The Morgan fingerprint density at radius 2 is 1.46 bits per heavy atom. The van der Waals surface area contributed by atoms with Gasteiger partial charge in [-0.25, -0.2) is 0 Å². The first-order valence-electron chi connectivity index (χ1n) is 16.1. The minimum absolute atomic E-state index is 0.129. The molecule has 8 heteroatoms. The van der Waals surface area contributed by atoms with E-state index in [4.69, 9.17) is 9.47 Å². The topological polar surface area (TPSA) is 76.0 Å². The molecule has 1 amide bonds. The van der Waals surface area contributed by atoms with Crippen molar-refractivity contribution in [2.75, 3.05) is 44.3 Å². The molecule has 1 N–H and O–H groups in total. The number of fused-ring (bicyclic) bond motifs is 2. The average Bonchev–Trinajstić information content (AvgIpc) is 3.11. The number of aromatic nitrogens is 1. The molecule has 1 saturated heterocycles. The lowest BCUT2D eigenvalue weighted by molar-refractivity contribution is 0.0934. The number of rotatable bonds is 8. The van der Waals surface area contributed by atoms with Crippen LogP contribution in [0, 0.1) is 0 Å². The average molecular weight is 615 g/mol. The van der Waals surface area contributed by atoms with E-state index in [-0.39, 0.29) is 17.5 Å². The maximum Gasteiger partial charge on any atom is 0.263 e. The molecule has 0 aliphatic carbocycles. The zero-order chi connectivity index (χ0) is 31.5. The van der Waals surface area contributed by atoms with Gasteiger partial charge in [-0.15, -0.1) is 0 Å². The fraction of sp³-hybridized carbons (Fsp3) is 0.263. The molecule has 2 aliphatic heterocycles. The van der Waals surface area contributed by atoms with Crippen molar-refractivity contribution in [1.82, 2.24) is 14.8 Å². The quantitative estimate of drug-likeness (QED) is 0.232. The zero-order valence-electron chi connectivity index (χ0n) is 26.0. The number of para-hydroxylation sites is 2. The Hall–Kier alpha value is -5.08. The van der Waals surface area contributed by atoms with Crippen LogP contribution in [0.3, 0.4) is 0 Å². The molecular formula is C38H38N4O4. The number of carbonyl (C=O) groups is 1. The van der Waals surface area contributed by atoms with E-state index in [1.165, 1.54) is 0 Å².